The van der Waals surface area contributed by atoms with Gasteiger partial charge in [-0.2, -0.15) is 5.26 Å². The van der Waals surface area contributed by atoms with Crippen LogP contribution in [0.2, 0.25) is 0 Å². The molecule has 1 unspecified atom stereocenters. The summed E-state index contributed by atoms with van der Waals surface area (Å²) in [6.45, 7) is 1.83. The zero-order valence-corrected chi connectivity index (χ0v) is 18.2. The number of nitrogens with zero attached hydrogens (tertiary/aromatic N) is 2. The molecule has 4 N–H and O–H groups in total. The second-order valence-electron chi connectivity index (χ2n) is 8.29. The van der Waals surface area contributed by atoms with Crippen molar-refractivity contribution in [1.82, 2.24) is 4.90 Å². The molecule has 0 aromatic heterocycles. The Morgan fingerprint density at radius 1 is 0.906 bits per heavy atom. The summed E-state index contributed by atoms with van der Waals surface area (Å²) in [4.78, 5) is 1.85. The van der Waals surface area contributed by atoms with Crippen molar-refractivity contribution < 1.29 is 25.2 Å². The first-order chi connectivity index (χ1) is 15.5. The molecule has 0 spiro atoms. The first-order valence-corrected chi connectivity index (χ1v) is 11.1. The Labute approximate surface area is 189 Å². The fraction of sp³-hybridized carbons (Fsp3) is 0.480. The van der Waals surface area contributed by atoms with E-state index in [4.69, 9.17) is 10.00 Å². The van der Waals surface area contributed by atoms with Crippen LogP contribution in [0.25, 0.3) is 11.1 Å². The summed E-state index contributed by atoms with van der Waals surface area (Å²) in [5.41, 5.74) is 3.92. The number of piperidine rings is 1. The third-order valence-corrected chi connectivity index (χ3v) is 6.02. The maximum absolute atomic E-state index is 10.0. The van der Waals surface area contributed by atoms with Crippen LogP contribution in [-0.2, 0) is 11.3 Å². The van der Waals surface area contributed by atoms with Crippen LogP contribution in [0.15, 0.2) is 48.5 Å². The van der Waals surface area contributed by atoms with E-state index in [1.165, 1.54) is 0 Å². The zero-order chi connectivity index (χ0) is 22.9. The normalized spacial score (nSPS) is 23.7. The maximum atomic E-state index is 10.0. The van der Waals surface area contributed by atoms with Crippen LogP contribution in [0.3, 0.4) is 0 Å². The summed E-state index contributed by atoms with van der Waals surface area (Å²) >= 11 is 0. The van der Waals surface area contributed by atoms with Crippen LogP contribution in [-0.4, -0.2) is 76.0 Å². The lowest BCUT2D eigenvalue weighted by Gasteiger charge is -2.43. The standard InChI is InChI=1S/C25H32N2O5/c26-14-18-4-8-20(9-5-18)21-10-6-19(7-11-21)17-32-13-3-1-2-12-27-15-23(29)25(31)24(30)22(27)16-28/h4-11,22-25,28-31H,1-3,12-13,15-17H2/t22?,23-,24+,25+/m0/s1. The molecule has 7 heteroatoms. The minimum Gasteiger partial charge on any atom is -0.395 e. The summed E-state index contributed by atoms with van der Waals surface area (Å²) < 4.78 is 5.78. The van der Waals surface area contributed by atoms with E-state index in [-0.39, 0.29) is 13.2 Å². The van der Waals surface area contributed by atoms with Crippen molar-refractivity contribution >= 4 is 0 Å². The molecule has 0 aliphatic carbocycles. The summed E-state index contributed by atoms with van der Waals surface area (Å²) in [7, 11) is 0. The smallest absolute Gasteiger partial charge is 0.109 e. The van der Waals surface area contributed by atoms with Gasteiger partial charge in [0, 0.05) is 13.2 Å². The van der Waals surface area contributed by atoms with Crippen molar-refractivity contribution in [2.24, 2.45) is 0 Å². The highest BCUT2D eigenvalue weighted by atomic mass is 16.5. The first-order valence-electron chi connectivity index (χ1n) is 11.1. The highest BCUT2D eigenvalue weighted by Gasteiger charge is 2.40. The molecule has 0 amide bonds. The van der Waals surface area contributed by atoms with Crippen LogP contribution in [0, 0.1) is 11.3 Å². The second-order valence-corrected chi connectivity index (χ2v) is 8.29. The fourth-order valence-electron chi connectivity index (χ4n) is 4.05. The van der Waals surface area contributed by atoms with Crippen LogP contribution in [0.4, 0.5) is 0 Å². The average Bonchev–Trinajstić information content (AvgIpc) is 2.82. The average molecular weight is 441 g/mol. The summed E-state index contributed by atoms with van der Waals surface area (Å²) in [6.07, 6.45) is -0.672. The van der Waals surface area contributed by atoms with E-state index in [1.54, 1.807) is 0 Å². The number of aliphatic hydroxyl groups excluding tert-OH is 4. The predicted octanol–water partition coefficient (Wildman–Crippen LogP) is 1.67. The zero-order valence-electron chi connectivity index (χ0n) is 18.2. The fourth-order valence-corrected chi connectivity index (χ4v) is 4.05. The third-order valence-electron chi connectivity index (χ3n) is 6.02. The molecule has 0 saturated carbocycles. The minimum atomic E-state index is -1.21. The molecule has 1 heterocycles. The maximum Gasteiger partial charge on any atom is 0.109 e. The Hall–Kier alpha value is -2.31. The lowest BCUT2D eigenvalue weighted by Crippen LogP contribution is -2.62. The second kappa shape index (κ2) is 12.1. The number of rotatable bonds is 10. The summed E-state index contributed by atoms with van der Waals surface area (Å²) in [5.74, 6) is 0. The molecule has 2 aromatic carbocycles. The highest BCUT2D eigenvalue weighted by molar-refractivity contribution is 5.64. The number of hydrogen-bond acceptors (Lipinski definition) is 7. The van der Waals surface area contributed by atoms with Crippen LogP contribution >= 0.6 is 0 Å². The lowest BCUT2D eigenvalue weighted by molar-refractivity contribution is -0.145. The number of benzene rings is 2. The Morgan fingerprint density at radius 2 is 1.56 bits per heavy atom. The molecule has 1 fully saturated rings. The van der Waals surface area contributed by atoms with E-state index < -0.39 is 24.4 Å². The molecule has 32 heavy (non-hydrogen) atoms. The van der Waals surface area contributed by atoms with E-state index >= 15 is 0 Å². The monoisotopic (exact) mass is 440 g/mol. The minimum absolute atomic E-state index is 0.248. The molecular formula is C25H32N2O5. The molecule has 1 aliphatic heterocycles. The number of likely N-dealkylation sites (tertiary alicyclic amines) is 1. The Morgan fingerprint density at radius 3 is 2.19 bits per heavy atom. The van der Waals surface area contributed by atoms with Gasteiger partial charge in [0.1, 0.15) is 12.2 Å². The van der Waals surface area contributed by atoms with Crippen LogP contribution in [0.5, 0.6) is 0 Å². The number of ether oxygens (including phenoxy) is 1. The van der Waals surface area contributed by atoms with Crippen molar-refractivity contribution in [3.05, 3.63) is 59.7 Å². The van der Waals surface area contributed by atoms with Gasteiger partial charge in [0.15, 0.2) is 0 Å². The van der Waals surface area contributed by atoms with E-state index in [0.29, 0.717) is 25.3 Å². The van der Waals surface area contributed by atoms with E-state index in [2.05, 4.69) is 18.2 Å². The van der Waals surface area contributed by atoms with Crippen LogP contribution < -0.4 is 0 Å². The SMILES string of the molecule is N#Cc1ccc(-c2ccc(COCCCCCN3C[C@H](O)[C@@H](O)[C@H](O)C3CO)cc2)cc1. The van der Waals surface area contributed by atoms with Crippen molar-refractivity contribution in [2.45, 2.75) is 50.2 Å². The molecule has 1 saturated heterocycles. The van der Waals surface area contributed by atoms with Gasteiger partial charge in [-0.15, -0.1) is 0 Å². The quantitative estimate of drug-likeness (QED) is 0.415. The van der Waals surface area contributed by atoms with Crippen LogP contribution in [0.1, 0.15) is 30.4 Å². The molecule has 3 rings (SSSR count). The van der Waals surface area contributed by atoms with Gasteiger partial charge >= 0.3 is 0 Å². The van der Waals surface area contributed by atoms with Gasteiger partial charge in [-0.1, -0.05) is 36.4 Å². The van der Waals surface area contributed by atoms with Crippen molar-refractivity contribution in [3.63, 3.8) is 0 Å². The Bertz CT molecular complexity index is 865. The molecule has 0 radical (unpaired) electrons. The van der Waals surface area contributed by atoms with E-state index in [9.17, 15) is 20.4 Å². The van der Waals surface area contributed by atoms with Crippen molar-refractivity contribution in [1.29, 1.82) is 5.26 Å². The van der Waals surface area contributed by atoms with Gasteiger partial charge in [0.2, 0.25) is 0 Å². The molecule has 4 atom stereocenters. The molecular weight excluding hydrogens is 408 g/mol. The van der Waals surface area contributed by atoms with Gasteiger partial charge in [-0.05, 0) is 54.6 Å². The molecule has 172 valence electrons. The number of hydrogen-bond donors (Lipinski definition) is 4. The summed E-state index contributed by atoms with van der Waals surface area (Å²) in [6, 6.07) is 17.3. The van der Waals surface area contributed by atoms with Crippen molar-refractivity contribution in [3.8, 4) is 17.2 Å². The number of β-amino-alcohol motifs (C(OH)–C–C–N with tert-alkyl or cyclic N) is 1. The Kier molecular flexibility index (Phi) is 9.18. The molecule has 1 aliphatic rings. The van der Waals surface area contributed by atoms with Crippen molar-refractivity contribution in [2.75, 3.05) is 26.3 Å². The predicted molar refractivity (Wildman–Crippen MR) is 121 cm³/mol. The van der Waals surface area contributed by atoms with Gasteiger partial charge in [0.25, 0.3) is 0 Å². The lowest BCUT2D eigenvalue weighted by atomic mass is 9.94. The topological polar surface area (TPSA) is 117 Å². The molecule has 2 aromatic rings. The molecule has 0 bridgehead atoms. The first kappa shape index (κ1) is 24.3. The highest BCUT2D eigenvalue weighted by Crippen LogP contribution is 2.21. The number of nitriles is 1. The van der Waals surface area contributed by atoms with Gasteiger partial charge in [0.05, 0.1) is 37.0 Å². The van der Waals surface area contributed by atoms with Gasteiger partial charge < -0.3 is 25.2 Å². The van der Waals surface area contributed by atoms with Gasteiger partial charge in [-0.25, -0.2) is 0 Å². The van der Waals surface area contributed by atoms with Gasteiger partial charge in [-0.3, -0.25) is 4.90 Å². The third kappa shape index (κ3) is 6.36. The number of unbranched alkanes of at least 4 members (excludes halogenated alkanes) is 2. The summed E-state index contributed by atoms with van der Waals surface area (Å²) in [5, 5.41) is 48.0. The largest absolute Gasteiger partial charge is 0.395 e. The molecule has 7 nitrogen and oxygen atoms in total. The number of aliphatic hydroxyl groups is 4. The Balaban J connectivity index is 1.33. The van der Waals surface area contributed by atoms with E-state index in [0.717, 1.165) is 36.0 Å². The van der Waals surface area contributed by atoms with E-state index in [1.807, 2.05) is 41.3 Å².